The average molecular weight is 199 g/mol. The normalized spacial score (nSPS) is 44.7. The zero-order valence-corrected chi connectivity index (χ0v) is 8.60. The molecule has 2 bridgehead atoms. The topological polar surface area (TPSA) is 29.3 Å². The van der Waals surface area contributed by atoms with E-state index in [9.17, 15) is 0 Å². The Morgan fingerprint density at radius 2 is 1.45 bits per heavy atom. The maximum atomic E-state index is 5.88. The Balaban J connectivity index is 0.000000500. The largest absolute Gasteiger partial charge is 0.325 e. The first-order valence-corrected chi connectivity index (χ1v) is 3.53. The molecule has 0 atom stereocenters. The van der Waals surface area contributed by atoms with Gasteiger partial charge in [-0.25, -0.2) is 0 Å². The van der Waals surface area contributed by atoms with Gasteiger partial charge in [-0.05, 0) is 33.4 Å². The second-order valence-electron chi connectivity index (χ2n) is 4.01. The van der Waals surface area contributed by atoms with E-state index in [1.165, 1.54) is 19.3 Å². The van der Waals surface area contributed by atoms with Crippen LogP contribution in [0, 0.1) is 0 Å². The van der Waals surface area contributed by atoms with Crippen molar-refractivity contribution in [2.24, 2.45) is 5.73 Å². The highest BCUT2D eigenvalue weighted by atomic mass is 35.5. The summed E-state index contributed by atoms with van der Waals surface area (Å²) in [5, 5.41) is 0. The van der Waals surface area contributed by atoms with Crippen LogP contribution in [0.25, 0.3) is 0 Å². The molecule has 11 heavy (non-hydrogen) atoms. The third-order valence-electron chi connectivity index (χ3n) is 2.99. The van der Waals surface area contributed by atoms with Crippen LogP contribution in [0.3, 0.4) is 0 Å². The summed E-state index contributed by atoms with van der Waals surface area (Å²) in [6.07, 6.45) is 3.69. The Bertz CT molecular complexity index is 139. The number of hydrogen-bond acceptors (Lipinski definition) is 2. The van der Waals surface area contributed by atoms with Crippen molar-refractivity contribution >= 4 is 24.8 Å². The number of nitrogens with two attached hydrogens (primary N) is 1. The molecule has 3 aliphatic carbocycles. The van der Waals surface area contributed by atoms with Crippen LogP contribution in [0.1, 0.15) is 19.3 Å². The van der Waals surface area contributed by atoms with Crippen molar-refractivity contribution in [3.63, 3.8) is 0 Å². The Kier molecular flexibility index (Phi) is 2.89. The van der Waals surface area contributed by atoms with Gasteiger partial charge in [-0.1, -0.05) is 0 Å². The van der Waals surface area contributed by atoms with Gasteiger partial charge < -0.3 is 10.6 Å². The molecule has 0 amide bonds. The van der Waals surface area contributed by atoms with E-state index in [2.05, 4.69) is 19.0 Å². The van der Waals surface area contributed by atoms with Gasteiger partial charge in [0.1, 0.15) is 0 Å². The van der Waals surface area contributed by atoms with Gasteiger partial charge in [0.25, 0.3) is 0 Å². The fraction of sp³-hybridized carbons (Fsp3) is 1.00. The molecular formula is C7H16Cl2N2. The number of rotatable bonds is 1. The molecule has 3 saturated carbocycles. The highest BCUT2D eigenvalue weighted by molar-refractivity contribution is 5.85. The zero-order chi connectivity index (χ0) is 6.70. The first kappa shape index (κ1) is 11.5. The lowest BCUT2D eigenvalue weighted by molar-refractivity contribution is -0.142. The Morgan fingerprint density at radius 1 is 1.09 bits per heavy atom. The standard InChI is InChI=1S/C7H14N2.2ClH/c1-9(2)7-3-6(8,4-7)5-7;;/h3-5,8H2,1-2H3;2*1H. The summed E-state index contributed by atoms with van der Waals surface area (Å²) in [4.78, 5) is 2.32. The van der Waals surface area contributed by atoms with Crippen molar-refractivity contribution in [3.05, 3.63) is 0 Å². The molecule has 4 heteroatoms. The van der Waals surface area contributed by atoms with Crippen molar-refractivity contribution in [3.8, 4) is 0 Å². The molecule has 68 valence electrons. The second kappa shape index (κ2) is 2.77. The third-order valence-corrected chi connectivity index (χ3v) is 2.99. The van der Waals surface area contributed by atoms with Gasteiger partial charge in [0, 0.05) is 11.1 Å². The minimum Gasteiger partial charge on any atom is -0.325 e. The number of halogens is 2. The van der Waals surface area contributed by atoms with E-state index in [0.29, 0.717) is 5.54 Å². The Labute approximate surface area is 80.3 Å². The van der Waals surface area contributed by atoms with E-state index >= 15 is 0 Å². The minimum absolute atomic E-state index is 0. The van der Waals surface area contributed by atoms with Crippen molar-refractivity contribution in [2.45, 2.75) is 30.3 Å². The Hall–Kier alpha value is 0.500. The monoisotopic (exact) mass is 198 g/mol. The van der Waals surface area contributed by atoms with Crippen molar-refractivity contribution in [2.75, 3.05) is 14.1 Å². The molecule has 2 N–H and O–H groups in total. The quantitative estimate of drug-likeness (QED) is 0.683. The van der Waals surface area contributed by atoms with E-state index < -0.39 is 0 Å². The lowest BCUT2D eigenvalue weighted by atomic mass is 9.44. The van der Waals surface area contributed by atoms with Crippen LogP contribution in [0.2, 0.25) is 0 Å². The molecule has 3 aliphatic rings. The molecule has 0 radical (unpaired) electrons. The third kappa shape index (κ3) is 1.26. The molecule has 3 rings (SSSR count). The van der Waals surface area contributed by atoms with Gasteiger partial charge in [-0.3, -0.25) is 0 Å². The van der Waals surface area contributed by atoms with Crippen molar-refractivity contribution in [1.29, 1.82) is 0 Å². The van der Waals surface area contributed by atoms with Gasteiger partial charge in [-0.2, -0.15) is 0 Å². The predicted octanol–water partition coefficient (Wildman–Crippen LogP) is 1.03. The van der Waals surface area contributed by atoms with E-state index in [0.717, 1.165) is 0 Å². The minimum atomic E-state index is 0. The number of nitrogens with zero attached hydrogens (tertiary/aromatic N) is 1. The fourth-order valence-electron chi connectivity index (χ4n) is 2.29. The lowest BCUT2D eigenvalue weighted by Gasteiger charge is -2.71. The van der Waals surface area contributed by atoms with Crippen molar-refractivity contribution < 1.29 is 0 Å². The van der Waals surface area contributed by atoms with Gasteiger partial charge >= 0.3 is 0 Å². The molecule has 3 fully saturated rings. The maximum absolute atomic E-state index is 5.88. The van der Waals surface area contributed by atoms with Gasteiger partial charge in [0.05, 0.1) is 0 Å². The second-order valence-corrected chi connectivity index (χ2v) is 4.01. The molecule has 0 aromatic heterocycles. The summed E-state index contributed by atoms with van der Waals surface area (Å²) in [5.41, 5.74) is 6.69. The zero-order valence-electron chi connectivity index (χ0n) is 6.96. The summed E-state index contributed by atoms with van der Waals surface area (Å²) >= 11 is 0. The van der Waals surface area contributed by atoms with Gasteiger partial charge in [0.2, 0.25) is 0 Å². The summed E-state index contributed by atoms with van der Waals surface area (Å²) in [6, 6.07) is 0. The smallest absolute Gasteiger partial charge is 0.0255 e. The van der Waals surface area contributed by atoms with Crippen LogP contribution in [0.5, 0.6) is 0 Å². The molecule has 0 aliphatic heterocycles. The summed E-state index contributed by atoms with van der Waals surface area (Å²) in [5.74, 6) is 0. The Morgan fingerprint density at radius 3 is 1.55 bits per heavy atom. The fourth-order valence-corrected chi connectivity index (χ4v) is 2.29. The van der Waals surface area contributed by atoms with Crippen LogP contribution >= 0.6 is 24.8 Å². The van der Waals surface area contributed by atoms with Gasteiger partial charge in [-0.15, -0.1) is 24.8 Å². The van der Waals surface area contributed by atoms with E-state index in [1.807, 2.05) is 0 Å². The van der Waals surface area contributed by atoms with E-state index in [4.69, 9.17) is 5.73 Å². The first-order valence-electron chi connectivity index (χ1n) is 3.53. The summed E-state index contributed by atoms with van der Waals surface area (Å²) in [6.45, 7) is 0. The van der Waals surface area contributed by atoms with E-state index in [1.54, 1.807) is 0 Å². The molecular weight excluding hydrogens is 183 g/mol. The molecule has 0 aromatic carbocycles. The van der Waals surface area contributed by atoms with Crippen LogP contribution in [-0.4, -0.2) is 30.1 Å². The van der Waals surface area contributed by atoms with Crippen LogP contribution in [0.4, 0.5) is 0 Å². The molecule has 2 nitrogen and oxygen atoms in total. The summed E-state index contributed by atoms with van der Waals surface area (Å²) < 4.78 is 0. The lowest BCUT2D eigenvalue weighted by Crippen LogP contribution is -2.81. The summed E-state index contributed by atoms with van der Waals surface area (Å²) in [7, 11) is 4.30. The highest BCUT2D eigenvalue weighted by Crippen LogP contribution is 2.61. The molecule has 0 heterocycles. The van der Waals surface area contributed by atoms with E-state index in [-0.39, 0.29) is 30.4 Å². The number of hydrogen-bond donors (Lipinski definition) is 1. The van der Waals surface area contributed by atoms with Crippen molar-refractivity contribution in [1.82, 2.24) is 4.90 Å². The molecule has 0 unspecified atom stereocenters. The first-order chi connectivity index (χ1) is 4.06. The molecule has 0 saturated heterocycles. The molecule has 0 spiro atoms. The average Bonchev–Trinajstić information content (AvgIpc) is 1.54. The predicted molar refractivity (Wildman–Crippen MR) is 51.7 cm³/mol. The molecule has 0 aromatic rings. The maximum Gasteiger partial charge on any atom is 0.0255 e. The van der Waals surface area contributed by atoms with Crippen LogP contribution < -0.4 is 5.73 Å². The SMILES string of the molecule is CN(C)C12CC(N)(C1)C2.Cl.Cl. The highest BCUT2D eigenvalue weighted by Gasteiger charge is 2.66. The van der Waals surface area contributed by atoms with Crippen LogP contribution in [0.15, 0.2) is 0 Å². The van der Waals surface area contributed by atoms with Crippen LogP contribution in [-0.2, 0) is 0 Å². The van der Waals surface area contributed by atoms with Gasteiger partial charge in [0.15, 0.2) is 0 Å².